The number of carbonyl (C=O) groups excluding carboxylic acids is 2. The van der Waals surface area contributed by atoms with Crippen LogP contribution in [-0.4, -0.2) is 59.8 Å². The van der Waals surface area contributed by atoms with Crippen LogP contribution in [0.5, 0.6) is 0 Å². The Morgan fingerprint density at radius 1 is 0.850 bits per heavy atom. The summed E-state index contributed by atoms with van der Waals surface area (Å²) in [6.07, 6.45) is 2.80. The molecule has 0 aromatic carbocycles. The lowest BCUT2D eigenvalue weighted by atomic mass is 10.2. The second-order valence-corrected chi connectivity index (χ2v) is 4.37. The first kappa shape index (κ1) is 18.8. The van der Waals surface area contributed by atoms with Crippen LogP contribution in [0.4, 0.5) is 0 Å². The first-order chi connectivity index (χ1) is 9.60. The van der Waals surface area contributed by atoms with Crippen molar-refractivity contribution in [3.05, 3.63) is 0 Å². The SMILES string of the molecule is O=C1CCCCC(=O)OCCCCO1.OCC(O)CO. The molecule has 1 aliphatic rings. The Bertz CT molecular complexity index is 241. The number of cyclic esters (lactones) is 2. The lowest BCUT2D eigenvalue weighted by Crippen LogP contribution is -2.15. The summed E-state index contributed by atoms with van der Waals surface area (Å²) in [7, 11) is 0. The van der Waals surface area contributed by atoms with Gasteiger partial charge in [0.25, 0.3) is 0 Å². The van der Waals surface area contributed by atoms with Crippen LogP contribution in [0.15, 0.2) is 0 Å². The van der Waals surface area contributed by atoms with Gasteiger partial charge in [-0.05, 0) is 25.7 Å². The first-order valence-electron chi connectivity index (χ1n) is 6.81. The number of hydrogen-bond acceptors (Lipinski definition) is 7. The molecule has 1 saturated heterocycles. The monoisotopic (exact) mass is 292 g/mol. The Hall–Kier alpha value is -1.18. The van der Waals surface area contributed by atoms with Crippen LogP contribution >= 0.6 is 0 Å². The molecule has 118 valence electrons. The van der Waals surface area contributed by atoms with Crippen molar-refractivity contribution < 1.29 is 34.4 Å². The van der Waals surface area contributed by atoms with Crippen molar-refractivity contribution in [2.75, 3.05) is 26.4 Å². The molecule has 0 aromatic heterocycles. The van der Waals surface area contributed by atoms with E-state index in [0.717, 1.165) is 12.8 Å². The molecule has 1 heterocycles. The smallest absolute Gasteiger partial charge is 0.305 e. The average Bonchev–Trinajstić information content (AvgIpc) is 2.45. The molecule has 0 radical (unpaired) electrons. The standard InChI is InChI=1S/C10H16O4.C3H8O3/c11-9-5-1-2-6-10(12)14-8-4-3-7-13-9;4-1-3(6)2-5/h1-8H2;3-6H,1-2H2. The molecule has 0 saturated carbocycles. The van der Waals surface area contributed by atoms with E-state index in [9.17, 15) is 9.59 Å². The Morgan fingerprint density at radius 2 is 1.25 bits per heavy atom. The minimum absolute atomic E-state index is 0.154. The molecule has 7 heteroatoms. The summed E-state index contributed by atoms with van der Waals surface area (Å²) < 4.78 is 9.92. The quantitative estimate of drug-likeness (QED) is 0.602. The summed E-state index contributed by atoms with van der Waals surface area (Å²) in [5.74, 6) is -0.308. The van der Waals surface area contributed by atoms with Crippen molar-refractivity contribution in [3.63, 3.8) is 0 Å². The van der Waals surface area contributed by atoms with Crippen LogP contribution in [0.25, 0.3) is 0 Å². The van der Waals surface area contributed by atoms with Crippen LogP contribution in [0.3, 0.4) is 0 Å². The van der Waals surface area contributed by atoms with Crippen molar-refractivity contribution >= 4 is 11.9 Å². The van der Waals surface area contributed by atoms with Gasteiger partial charge in [-0.3, -0.25) is 9.59 Å². The third-order valence-corrected chi connectivity index (χ3v) is 2.50. The van der Waals surface area contributed by atoms with Gasteiger partial charge in [-0.15, -0.1) is 0 Å². The van der Waals surface area contributed by atoms with Crippen LogP contribution in [0, 0.1) is 0 Å². The molecule has 0 bridgehead atoms. The molecule has 7 nitrogen and oxygen atoms in total. The molecule has 0 unspecified atom stereocenters. The van der Waals surface area contributed by atoms with Crippen LogP contribution in [0.1, 0.15) is 38.5 Å². The van der Waals surface area contributed by atoms with E-state index in [0.29, 0.717) is 38.9 Å². The van der Waals surface area contributed by atoms with Crippen molar-refractivity contribution in [1.82, 2.24) is 0 Å². The summed E-state index contributed by atoms with van der Waals surface area (Å²) in [6, 6.07) is 0. The summed E-state index contributed by atoms with van der Waals surface area (Å²) in [6.45, 7) is 0.153. The predicted octanol–water partition coefficient (Wildman–Crippen LogP) is -0.241. The van der Waals surface area contributed by atoms with E-state index in [2.05, 4.69) is 0 Å². The zero-order chi connectivity index (χ0) is 15.2. The molecule has 1 fully saturated rings. The van der Waals surface area contributed by atoms with E-state index in [1.807, 2.05) is 0 Å². The highest BCUT2D eigenvalue weighted by Gasteiger charge is 2.07. The van der Waals surface area contributed by atoms with Gasteiger partial charge < -0.3 is 24.8 Å². The van der Waals surface area contributed by atoms with Crippen molar-refractivity contribution in [1.29, 1.82) is 0 Å². The van der Waals surface area contributed by atoms with Gasteiger partial charge in [-0.2, -0.15) is 0 Å². The molecule has 20 heavy (non-hydrogen) atoms. The number of aliphatic hydroxyl groups is 3. The molecule has 0 aliphatic carbocycles. The van der Waals surface area contributed by atoms with Crippen LogP contribution in [-0.2, 0) is 19.1 Å². The fourth-order valence-electron chi connectivity index (χ4n) is 1.32. The Balaban J connectivity index is 0.000000511. The molecule has 0 atom stereocenters. The third kappa shape index (κ3) is 11.9. The molecular weight excluding hydrogens is 268 g/mol. The second-order valence-electron chi connectivity index (χ2n) is 4.37. The number of esters is 2. The van der Waals surface area contributed by atoms with Gasteiger partial charge in [0.05, 0.1) is 26.4 Å². The van der Waals surface area contributed by atoms with Crippen molar-refractivity contribution in [3.8, 4) is 0 Å². The highest BCUT2D eigenvalue weighted by Crippen LogP contribution is 2.05. The minimum Gasteiger partial charge on any atom is -0.466 e. The number of ether oxygens (including phenoxy) is 2. The third-order valence-electron chi connectivity index (χ3n) is 2.50. The highest BCUT2D eigenvalue weighted by molar-refractivity contribution is 5.70. The van der Waals surface area contributed by atoms with Gasteiger partial charge in [0.1, 0.15) is 6.10 Å². The van der Waals surface area contributed by atoms with E-state index in [1.165, 1.54) is 0 Å². The summed E-state index contributed by atoms with van der Waals surface area (Å²) in [5, 5.41) is 24.0. The maximum absolute atomic E-state index is 11.0. The minimum atomic E-state index is -0.954. The maximum Gasteiger partial charge on any atom is 0.305 e. The van der Waals surface area contributed by atoms with Gasteiger partial charge in [0.15, 0.2) is 0 Å². The van der Waals surface area contributed by atoms with E-state index in [1.54, 1.807) is 0 Å². The van der Waals surface area contributed by atoms with Gasteiger partial charge in [0.2, 0.25) is 0 Å². The molecule has 0 spiro atoms. The van der Waals surface area contributed by atoms with Gasteiger partial charge in [-0.1, -0.05) is 0 Å². The molecule has 0 aromatic rings. The highest BCUT2D eigenvalue weighted by atomic mass is 16.5. The van der Waals surface area contributed by atoms with E-state index in [4.69, 9.17) is 24.8 Å². The lowest BCUT2D eigenvalue weighted by Gasteiger charge is -2.08. The maximum atomic E-state index is 11.0. The van der Waals surface area contributed by atoms with Crippen molar-refractivity contribution in [2.24, 2.45) is 0 Å². The average molecular weight is 292 g/mol. The summed E-state index contributed by atoms with van der Waals surface area (Å²) >= 11 is 0. The number of rotatable bonds is 2. The number of carbonyl (C=O) groups is 2. The lowest BCUT2D eigenvalue weighted by molar-refractivity contribution is -0.147. The topological polar surface area (TPSA) is 113 Å². The summed E-state index contributed by atoms with van der Waals surface area (Å²) in [5.41, 5.74) is 0. The first-order valence-corrected chi connectivity index (χ1v) is 6.81. The largest absolute Gasteiger partial charge is 0.466 e. The zero-order valence-corrected chi connectivity index (χ0v) is 11.6. The zero-order valence-electron chi connectivity index (χ0n) is 11.6. The summed E-state index contributed by atoms with van der Waals surface area (Å²) in [4.78, 5) is 22.1. The van der Waals surface area contributed by atoms with Gasteiger partial charge in [-0.25, -0.2) is 0 Å². The predicted molar refractivity (Wildman–Crippen MR) is 69.8 cm³/mol. The van der Waals surface area contributed by atoms with E-state index >= 15 is 0 Å². The number of hydrogen-bond donors (Lipinski definition) is 3. The normalized spacial score (nSPS) is 18.0. The Morgan fingerprint density at radius 3 is 1.55 bits per heavy atom. The van der Waals surface area contributed by atoms with Crippen molar-refractivity contribution in [2.45, 2.75) is 44.6 Å². The van der Waals surface area contributed by atoms with E-state index < -0.39 is 6.10 Å². The fourth-order valence-corrected chi connectivity index (χ4v) is 1.32. The van der Waals surface area contributed by atoms with Crippen LogP contribution < -0.4 is 0 Å². The molecular formula is C13H24O7. The molecule has 3 N–H and O–H groups in total. The molecule has 1 rings (SSSR count). The Labute approximate surface area is 118 Å². The van der Waals surface area contributed by atoms with Gasteiger partial charge >= 0.3 is 11.9 Å². The number of aliphatic hydroxyl groups excluding tert-OH is 3. The Kier molecular flexibility index (Phi) is 12.1. The second kappa shape index (κ2) is 12.8. The van der Waals surface area contributed by atoms with E-state index in [-0.39, 0.29) is 25.2 Å². The van der Waals surface area contributed by atoms with Crippen LogP contribution in [0.2, 0.25) is 0 Å². The molecule has 0 amide bonds. The van der Waals surface area contributed by atoms with Gasteiger partial charge in [0, 0.05) is 12.8 Å². The molecule has 1 aliphatic heterocycles. The fraction of sp³-hybridized carbons (Fsp3) is 0.846.